The number of hydrogen-bond donors (Lipinski definition) is 1. The molecular weight excluding hydrogens is 260 g/mol. The van der Waals surface area contributed by atoms with E-state index in [1.165, 1.54) is 0 Å². The average molecular weight is 286 g/mol. The van der Waals surface area contributed by atoms with Crippen molar-refractivity contribution in [1.29, 1.82) is 0 Å². The first-order chi connectivity index (χ1) is 9.28. The van der Waals surface area contributed by atoms with E-state index in [0.29, 0.717) is 32.5 Å². The van der Waals surface area contributed by atoms with Gasteiger partial charge >= 0.3 is 12.1 Å². The van der Waals surface area contributed by atoms with Gasteiger partial charge in [-0.15, -0.1) is 6.58 Å². The number of rotatable bonds is 8. The first kappa shape index (κ1) is 18.4. The van der Waals surface area contributed by atoms with Gasteiger partial charge < -0.3 is 9.47 Å². The van der Waals surface area contributed by atoms with Crippen LogP contribution in [0.2, 0.25) is 0 Å². The maximum Gasteiger partial charge on any atom is 0.422 e. The number of nitrogens with one attached hydrogen (secondary N) is 1. The lowest BCUT2D eigenvalue weighted by Crippen LogP contribution is -2.45. The molecule has 0 atom stereocenters. The predicted molar refractivity (Wildman–Crippen MR) is 77.0 cm³/mol. The molecule has 0 bridgehead atoms. The molecule has 0 saturated carbocycles. The third-order valence-electron chi connectivity index (χ3n) is 2.11. The van der Waals surface area contributed by atoms with E-state index in [2.05, 4.69) is 12.0 Å². The number of nitrogens with zero attached hydrogens (tertiary/aromatic N) is 1. The second-order valence-corrected chi connectivity index (χ2v) is 5.26. The van der Waals surface area contributed by atoms with Crippen molar-refractivity contribution in [1.82, 2.24) is 10.4 Å². The monoisotopic (exact) mass is 286 g/mol. The maximum absolute atomic E-state index is 11.6. The number of hydrazine groups is 1. The second kappa shape index (κ2) is 9.36. The molecule has 1 N–H and O–H groups in total. The lowest BCUT2D eigenvalue weighted by molar-refractivity contribution is -0.143. The second-order valence-electron chi connectivity index (χ2n) is 5.26. The highest BCUT2D eigenvalue weighted by Gasteiger charge is 2.18. The molecule has 0 radical (unpaired) electrons. The molecule has 0 spiro atoms. The molecule has 0 heterocycles. The minimum absolute atomic E-state index is 0.233. The Morgan fingerprint density at radius 2 is 2.00 bits per heavy atom. The van der Waals surface area contributed by atoms with Crippen LogP contribution in [0.1, 0.15) is 40.5 Å². The Morgan fingerprint density at radius 1 is 1.35 bits per heavy atom. The number of hydrogen-bond acceptors (Lipinski definition) is 5. The maximum atomic E-state index is 11.6. The molecule has 6 heteroatoms. The quantitative estimate of drug-likeness (QED) is 0.421. The Bertz CT molecular complexity index is 324. The summed E-state index contributed by atoms with van der Waals surface area (Å²) in [6, 6.07) is 0. The van der Waals surface area contributed by atoms with Gasteiger partial charge in [-0.1, -0.05) is 6.08 Å². The molecular formula is C14H26N2O4. The van der Waals surface area contributed by atoms with Gasteiger partial charge in [0, 0.05) is 19.5 Å². The third kappa shape index (κ3) is 10.4. The van der Waals surface area contributed by atoms with Crippen LogP contribution in [-0.2, 0) is 14.3 Å². The number of amides is 1. The molecule has 0 aromatic heterocycles. The van der Waals surface area contributed by atoms with Crippen molar-refractivity contribution in [3.63, 3.8) is 0 Å². The zero-order valence-corrected chi connectivity index (χ0v) is 12.9. The van der Waals surface area contributed by atoms with Gasteiger partial charge in [-0.05, 0) is 34.1 Å². The van der Waals surface area contributed by atoms with Gasteiger partial charge in [0.15, 0.2) is 0 Å². The summed E-state index contributed by atoms with van der Waals surface area (Å²) in [6.07, 6.45) is 2.05. The molecule has 0 unspecified atom stereocenters. The zero-order chi connectivity index (χ0) is 15.6. The zero-order valence-electron chi connectivity index (χ0n) is 12.9. The van der Waals surface area contributed by atoms with Crippen LogP contribution in [-0.4, -0.2) is 42.4 Å². The van der Waals surface area contributed by atoms with E-state index in [0.717, 1.165) is 0 Å². The van der Waals surface area contributed by atoms with Gasteiger partial charge in [0.05, 0.1) is 6.61 Å². The Kier molecular flexibility index (Phi) is 8.63. The van der Waals surface area contributed by atoms with Crippen LogP contribution in [0.5, 0.6) is 0 Å². The summed E-state index contributed by atoms with van der Waals surface area (Å²) in [5, 5.41) is 1.65. The van der Waals surface area contributed by atoms with Gasteiger partial charge in [-0.2, -0.15) is 0 Å². The van der Waals surface area contributed by atoms with Crippen molar-refractivity contribution in [3.8, 4) is 0 Å². The number of carbonyl (C=O) groups is 2. The van der Waals surface area contributed by atoms with Crippen LogP contribution in [0.15, 0.2) is 12.7 Å². The molecule has 0 saturated heterocycles. The topological polar surface area (TPSA) is 67.9 Å². The van der Waals surface area contributed by atoms with Crippen molar-refractivity contribution in [2.45, 2.75) is 46.1 Å². The van der Waals surface area contributed by atoms with Gasteiger partial charge in [0.25, 0.3) is 0 Å². The third-order valence-corrected chi connectivity index (χ3v) is 2.11. The van der Waals surface area contributed by atoms with Crippen LogP contribution < -0.4 is 5.43 Å². The molecule has 0 aromatic rings. The normalized spacial score (nSPS) is 11.1. The fraction of sp³-hybridized carbons (Fsp3) is 0.714. The lowest BCUT2D eigenvalue weighted by atomic mass is 10.2. The summed E-state index contributed by atoms with van der Waals surface area (Å²) < 4.78 is 10.0. The van der Waals surface area contributed by atoms with E-state index >= 15 is 0 Å². The molecule has 0 aliphatic carbocycles. The smallest absolute Gasteiger partial charge is 0.422 e. The minimum atomic E-state index is -0.547. The van der Waals surface area contributed by atoms with E-state index in [4.69, 9.17) is 9.47 Å². The van der Waals surface area contributed by atoms with E-state index in [-0.39, 0.29) is 5.97 Å². The van der Waals surface area contributed by atoms with E-state index < -0.39 is 11.7 Å². The largest absolute Gasteiger partial charge is 0.466 e. The molecule has 0 aliphatic heterocycles. The summed E-state index contributed by atoms with van der Waals surface area (Å²) in [5.41, 5.74) is 2.08. The standard InChI is InChI=1S/C14H26N2O4/c1-6-10-16(11-8-9-12(17)19-7-2)15-13(18)20-14(3,4)5/h6H,1,7-11H2,2-5H3,(H,15,18). The predicted octanol–water partition coefficient (Wildman–Crippen LogP) is 2.26. The first-order valence-corrected chi connectivity index (χ1v) is 6.79. The van der Waals surface area contributed by atoms with Crippen LogP contribution in [0.4, 0.5) is 4.79 Å². The Balaban J connectivity index is 4.13. The van der Waals surface area contributed by atoms with Crippen molar-refractivity contribution < 1.29 is 19.1 Å². The Labute approximate surface area is 121 Å². The molecule has 6 nitrogen and oxygen atoms in total. The van der Waals surface area contributed by atoms with Crippen LogP contribution in [0.25, 0.3) is 0 Å². The number of esters is 1. The summed E-state index contributed by atoms with van der Waals surface area (Å²) in [6.45, 7) is 12.2. The highest BCUT2D eigenvalue weighted by molar-refractivity contribution is 5.69. The number of ether oxygens (including phenoxy) is 2. The van der Waals surface area contributed by atoms with Crippen molar-refractivity contribution in [3.05, 3.63) is 12.7 Å². The molecule has 116 valence electrons. The van der Waals surface area contributed by atoms with Gasteiger partial charge in [0.1, 0.15) is 5.60 Å². The minimum Gasteiger partial charge on any atom is -0.466 e. The summed E-state index contributed by atoms with van der Waals surface area (Å²) in [7, 11) is 0. The molecule has 0 aromatic carbocycles. The Hall–Kier alpha value is -1.56. The highest BCUT2D eigenvalue weighted by Crippen LogP contribution is 2.07. The van der Waals surface area contributed by atoms with Crippen molar-refractivity contribution in [2.24, 2.45) is 0 Å². The van der Waals surface area contributed by atoms with Crippen LogP contribution >= 0.6 is 0 Å². The molecule has 0 aliphatic rings. The van der Waals surface area contributed by atoms with Gasteiger partial charge in [-0.3, -0.25) is 10.2 Å². The molecule has 0 rings (SSSR count). The van der Waals surface area contributed by atoms with Crippen LogP contribution in [0, 0.1) is 0 Å². The van der Waals surface area contributed by atoms with Crippen molar-refractivity contribution >= 4 is 12.1 Å². The summed E-state index contributed by atoms with van der Waals surface area (Å²) in [4.78, 5) is 22.9. The van der Waals surface area contributed by atoms with E-state index in [1.54, 1.807) is 38.8 Å². The molecule has 1 amide bonds. The van der Waals surface area contributed by atoms with E-state index in [9.17, 15) is 9.59 Å². The molecule has 20 heavy (non-hydrogen) atoms. The summed E-state index contributed by atoms with van der Waals surface area (Å²) >= 11 is 0. The van der Waals surface area contributed by atoms with Gasteiger partial charge in [0.2, 0.25) is 0 Å². The van der Waals surface area contributed by atoms with Gasteiger partial charge in [-0.25, -0.2) is 9.80 Å². The fourth-order valence-electron chi connectivity index (χ4n) is 1.43. The fourth-order valence-corrected chi connectivity index (χ4v) is 1.43. The summed E-state index contributed by atoms with van der Waals surface area (Å²) in [5.74, 6) is -0.233. The van der Waals surface area contributed by atoms with Crippen LogP contribution in [0.3, 0.4) is 0 Å². The van der Waals surface area contributed by atoms with Crippen molar-refractivity contribution in [2.75, 3.05) is 19.7 Å². The van der Waals surface area contributed by atoms with E-state index in [1.807, 2.05) is 0 Å². The SMILES string of the molecule is C=CCN(CCCC(=O)OCC)NC(=O)OC(C)(C)C. The average Bonchev–Trinajstić information content (AvgIpc) is 2.26. The highest BCUT2D eigenvalue weighted by atomic mass is 16.6. The molecule has 0 fully saturated rings. The first-order valence-electron chi connectivity index (χ1n) is 6.79. The Morgan fingerprint density at radius 3 is 2.50 bits per heavy atom. The number of carbonyl (C=O) groups excluding carboxylic acids is 2. The lowest BCUT2D eigenvalue weighted by Gasteiger charge is -2.25.